The Morgan fingerprint density at radius 1 is 1.43 bits per heavy atom. The highest BCUT2D eigenvalue weighted by Gasteiger charge is 2.03. The summed E-state index contributed by atoms with van der Waals surface area (Å²) in [4.78, 5) is 10.9. The summed E-state index contributed by atoms with van der Waals surface area (Å²) in [5.74, 6) is 4.35. The van der Waals surface area contributed by atoms with Crippen LogP contribution in [-0.4, -0.2) is 11.0 Å². The number of para-hydroxylation sites is 1. The number of hydrogen-bond acceptors (Lipinski definition) is 4. The van der Waals surface area contributed by atoms with Crippen LogP contribution in [0.4, 0.5) is 0 Å². The second-order valence-corrected chi connectivity index (χ2v) is 2.63. The van der Waals surface area contributed by atoms with E-state index in [1.807, 2.05) is 5.43 Å². The third-order valence-corrected chi connectivity index (χ3v) is 1.64. The number of carbonyl (C=O) groups is 1. The Morgan fingerprint density at radius 2 is 2.07 bits per heavy atom. The van der Waals surface area contributed by atoms with Crippen molar-refractivity contribution in [1.82, 2.24) is 5.43 Å². The Balaban J connectivity index is 2.97. The van der Waals surface area contributed by atoms with E-state index in [9.17, 15) is 9.90 Å². The van der Waals surface area contributed by atoms with Gasteiger partial charge in [0.05, 0.1) is 5.70 Å². The van der Waals surface area contributed by atoms with Crippen LogP contribution in [0.2, 0.25) is 0 Å². The number of benzene rings is 1. The topological polar surface area (TPSA) is 101 Å². The summed E-state index contributed by atoms with van der Waals surface area (Å²) >= 11 is 0. The molecular formula is C9H11N3O2. The number of amides is 1. The second kappa shape index (κ2) is 4.29. The van der Waals surface area contributed by atoms with Crippen LogP contribution in [0.3, 0.4) is 0 Å². The summed E-state index contributed by atoms with van der Waals surface area (Å²) < 4.78 is 0. The Hall–Kier alpha value is -2.01. The van der Waals surface area contributed by atoms with Gasteiger partial charge in [0.1, 0.15) is 5.75 Å². The van der Waals surface area contributed by atoms with Gasteiger partial charge in [-0.25, -0.2) is 5.84 Å². The van der Waals surface area contributed by atoms with E-state index in [-0.39, 0.29) is 11.4 Å². The van der Waals surface area contributed by atoms with Crippen molar-refractivity contribution in [2.45, 2.75) is 0 Å². The first-order chi connectivity index (χ1) is 6.65. The van der Waals surface area contributed by atoms with Crippen molar-refractivity contribution >= 4 is 12.0 Å². The lowest BCUT2D eigenvalue weighted by molar-refractivity contribution is -0.117. The van der Waals surface area contributed by atoms with Crippen LogP contribution in [0.15, 0.2) is 30.0 Å². The lowest BCUT2D eigenvalue weighted by atomic mass is 10.1. The molecule has 0 atom stereocenters. The van der Waals surface area contributed by atoms with Crippen molar-refractivity contribution < 1.29 is 9.90 Å². The standard InChI is InChI=1S/C9H11N3O2/c10-7(9(14)12-11)5-6-3-1-2-4-8(6)13/h1-5,13H,10-11H2,(H,12,14)/b7-5+. The van der Waals surface area contributed by atoms with E-state index in [2.05, 4.69) is 0 Å². The number of nitrogens with two attached hydrogens (primary N) is 2. The van der Waals surface area contributed by atoms with Crippen LogP contribution < -0.4 is 17.0 Å². The minimum absolute atomic E-state index is 0.0558. The van der Waals surface area contributed by atoms with E-state index in [1.54, 1.807) is 18.2 Å². The van der Waals surface area contributed by atoms with Gasteiger partial charge in [0.2, 0.25) is 0 Å². The van der Waals surface area contributed by atoms with Gasteiger partial charge >= 0.3 is 0 Å². The fraction of sp³-hybridized carbons (Fsp3) is 0. The smallest absolute Gasteiger partial charge is 0.281 e. The Kier molecular flexibility index (Phi) is 3.09. The summed E-state index contributed by atoms with van der Waals surface area (Å²) in [7, 11) is 0. The SMILES string of the molecule is NNC(=O)/C(N)=C\c1ccccc1O. The molecule has 1 amide bonds. The molecule has 0 bridgehead atoms. The van der Waals surface area contributed by atoms with Gasteiger partial charge in [-0.1, -0.05) is 18.2 Å². The maximum Gasteiger partial charge on any atom is 0.281 e. The van der Waals surface area contributed by atoms with Gasteiger partial charge in [0.15, 0.2) is 0 Å². The molecule has 5 nitrogen and oxygen atoms in total. The van der Waals surface area contributed by atoms with Gasteiger partial charge in [-0.05, 0) is 12.1 Å². The van der Waals surface area contributed by atoms with Crippen molar-refractivity contribution in [3.05, 3.63) is 35.5 Å². The second-order valence-electron chi connectivity index (χ2n) is 2.63. The summed E-state index contributed by atoms with van der Waals surface area (Å²) in [5.41, 5.74) is 7.68. The van der Waals surface area contributed by atoms with Crippen LogP contribution >= 0.6 is 0 Å². The highest BCUT2D eigenvalue weighted by atomic mass is 16.3. The molecule has 0 heterocycles. The normalized spacial score (nSPS) is 11.1. The minimum Gasteiger partial charge on any atom is -0.507 e. The molecule has 0 aromatic heterocycles. The van der Waals surface area contributed by atoms with E-state index < -0.39 is 5.91 Å². The van der Waals surface area contributed by atoms with Gasteiger partial charge < -0.3 is 10.8 Å². The first-order valence-corrected chi connectivity index (χ1v) is 3.91. The average Bonchev–Trinajstić information content (AvgIpc) is 2.20. The minimum atomic E-state index is -0.590. The number of phenolic OH excluding ortho intramolecular Hbond substituents is 1. The summed E-state index contributed by atoms with van der Waals surface area (Å²) in [6, 6.07) is 6.52. The van der Waals surface area contributed by atoms with Gasteiger partial charge in [-0.2, -0.15) is 0 Å². The fourth-order valence-electron chi connectivity index (χ4n) is 0.926. The molecule has 1 aromatic rings. The molecule has 74 valence electrons. The molecule has 0 aliphatic heterocycles. The van der Waals surface area contributed by atoms with Crippen molar-refractivity contribution in [1.29, 1.82) is 0 Å². The van der Waals surface area contributed by atoms with Crippen LogP contribution in [0.1, 0.15) is 5.56 Å². The molecule has 0 radical (unpaired) electrons. The molecular weight excluding hydrogens is 182 g/mol. The zero-order chi connectivity index (χ0) is 10.6. The third kappa shape index (κ3) is 2.24. The molecule has 0 saturated heterocycles. The van der Waals surface area contributed by atoms with Crippen molar-refractivity contribution in [3.63, 3.8) is 0 Å². The van der Waals surface area contributed by atoms with E-state index in [0.717, 1.165) is 0 Å². The van der Waals surface area contributed by atoms with E-state index in [4.69, 9.17) is 11.6 Å². The first kappa shape index (κ1) is 10.1. The largest absolute Gasteiger partial charge is 0.507 e. The van der Waals surface area contributed by atoms with Gasteiger partial charge in [-0.15, -0.1) is 0 Å². The lowest BCUT2D eigenvalue weighted by Gasteiger charge is -2.01. The number of aromatic hydroxyl groups is 1. The number of rotatable bonds is 2. The number of hydrazine groups is 1. The average molecular weight is 193 g/mol. The van der Waals surface area contributed by atoms with E-state index in [1.165, 1.54) is 12.1 Å². The predicted octanol–water partition coefficient (Wildman–Crippen LogP) is -0.318. The Labute approximate surface area is 81.0 Å². The molecule has 1 aromatic carbocycles. The van der Waals surface area contributed by atoms with Gasteiger partial charge in [0, 0.05) is 5.56 Å². The highest BCUT2D eigenvalue weighted by molar-refractivity contribution is 5.96. The summed E-state index contributed by atoms with van der Waals surface area (Å²) in [6.45, 7) is 0. The summed E-state index contributed by atoms with van der Waals surface area (Å²) in [6.07, 6.45) is 1.34. The molecule has 0 fully saturated rings. The van der Waals surface area contributed by atoms with Crippen LogP contribution in [0, 0.1) is 0 Å². The zero-order valence-corrected chi connectivity index (χ0v) is 7.40. The number of phenols is 1. The molecule has 14 heavy (non-hydrogen) atoms. The Bertz CT molecular complexity index is 374. The molecule has 1 rings (SSSR count). The number of nitrogens with one attached hydrogen (secondary N) is 1. The van der Waals surface area contributed by atoms with E-state index >= 15 is 0 Å². The number of hydrogen-bond donors (Lipinski definition) is 4. The molecule has 0 unspecified atom stereocenters. The Morgan fingerprint density at radius 3 is 2.64 bits per heavy atom. The fourth-order valence-corrected chi connectivity index (χ4v) is 0.926. The maximum atomic E-state index is 10.9. The molecule has 0 aliphatic carbocycles. The van der Waals surface area contributed by atoms with Crippen LogP contribution in [0.5, 0.6) is 5.75 Å². The molecule has 0 saturated carbocycles. The molecule has 6 N–H and O–H groups in total. The van der Waals surface area contributed by atoms with Crippen molar-refractivity contribution in [2.75, 3.05) is 0 Å². The predicted molar refractivity (Wildman–Crippen MR) is 52.6 cm³/mol. The maximum absolute atomic E-state index is 10.9. The first-order valence-electron chi connectivity index (χ1n) is 3.91. The zero-order valence-electron chi connectivity index (χ0n) is 7.40. The van der Waals surface area contributed by atoms with Crippen LogP contribution in [-0.2, 0) is 4.79 Å². The monoisotopic (exact) mass is 193 g/mol. The summed E-state index contributed by atoms with van der Waals surface area (Å²) in [5, 5.41) is 9.35. The van der Waals surface area contributed by atoms with Crippen molar-refractivity contribution in [3.8, 4) is 5.75 Å². The molecule has 0 aliphatic rings. The highest BCUT2D eigenvalue weighted by Crippen LogP contribution is 2.17. The molecule has 5 heteroatoms. The third-order valence-electron chi connectivity index (χ3n) is 1.64. The quantitative estimate of drug-likeness (QED) is 0.224. The van der Waals surface area contributed by atoms with Crippen molar-refractivity contribution in [2.24, 2.45) is 11.6 Å². The number of carbonyl (C=O) groups excluding carboxylic acids is 1. The van der Waals surface area contributed by atoms with Gasteiger partial charge in [-0.3, -0.25) is 10.2 Å². The van der Waals surface area contributed by atoms with Gasteiger partial charge in [0.25, 0.3) is 5.91 Å². The van der Waals surface area contributed by atoms with Crippen LogP contribution in [0.25, 0.3) is 6.08 Å². The molecule has 0 spiro atoms. The van der Waals surface area contributed by atoms with E-state index in [0.29, 0.717) is 5.56 Å². The lowest BCUT2D eigenvalue weighted by Crippen LogP contribution is -2.33.